The first-order chi connectivity index (χ1) is 20.8. The van der Waals surface area contributed by atoms with E-state index in [4.69, 9.17) is 36.8 Å². The summed E-state index contributed by atoms with van der Waals surface area (Å²) in [5, 5.41) is 10.5. The summed E-state index contributed by atoms with van der Waals surface area (Å²) >= 11 is 6.63. The molecule has 240 valence electrons. The van der Waals surface area contributed by atoms with Crippen molar-refractivity contribution in [1.82, 2.24) is 14.9 Å². The number of ether oxygens (including phenoxy) is 2. The van der Waals surface area contributed by atoms with Crippen LogP contribution in [0.15, 0.2) is 23.9 Å². The minimum absolute atomic E-state index is 0.117. The molecule has 2 fully saturated rings. The third-order valence-electron chi connectivity index (χ3n) is 7.95. The third kappa shape index (κ3) is 7.58. The Morgan fingerprint density at radius 2 is 1.91 bits per heavy atom. The third-order valence-corrected chi connectivity index (χ3v) is 8.28. The van der Waals surface area contributed by atoms with Gasteiger partial charge in [-0.05, 0) is 58.2 Å². The van der Waals surface area contributed by atoms with Gasteiger partial charge in [-0.3, -0.25) is 4.79 Å². The predicted molar refractivity (Wildman–Crippen MR) is 164 cm³/mol. The lowest BCUT2D eigenvalue weighted by atomic mass is 9.73. The minimum Gasteiger partial charge on any atom is -0.491 e. The number of halogens is 3. The van der Waals surface area contributed by atoms with Crippen molar-refractivity contribution in [1.29, 1.82) is 0 Å². The van der Waals surface area contributed by atoms with Gasteiger partial charge in [-0.15, -0.1) is 0 Å². The molecule has 2 aliphatic heterocycles. The summed E-state index contributed by atoms with van der Waals surface area (Å²) in [6, 6.07) is 5.07. The number of likely N-dealkylation sites (tertiary alicyclic amines) is 1. The van der Waals surface area contributed by atoms with E-state index >= 15 is 0 Å². The van der Waals surface area contributed by atoms with Gasteiger partial charge < -0.3 is 30.1 Å². The summed E-state index contributed by atoms with van der Waals surface area (Å²) in [5.41, 5.74) is 8.03. The largest absolute Gasteiger partial charge is 0.491 e. The number of aromatic nitrogens is 2. The van der Waals surface area contributed by atoms with Crippen LogP contribution in [0, 0.1) is 12.3 Å². The summed E-state index contributed by atoms with van der Waals surface area (Å²) in [4.78, 5) is 38.4. The number of Topliss-reactive ketones (excluding diaryl/α,β-unsaturated/α-hetero) is 1. The first-order valence-electron chi connectivity index (χ1n) is 14.8. The number of aliphatic hydroxyl groups is 1. The Kier molecular flexibility index (Phi) is 10.7. The number of ketones is 1. The van der Waals surface area contributed by atoms with Gasteiger partial charge >= 0.3 is 6.09 Å². The van der Waals surface area contributed by atoms with Crippen molar-refractivity contribution >= 4 is 34.9 Å². The van der Waals surface area contributed by atoms with Gasteiger partial charge in [-0.25, -0.2) is 23.5 Å². The normalized spacial score (nSPS) is 17.3. The molecule has 13 heteroatoms. The zero-order chi connectivity index (χ0) is 32.2. The zero-order valence-corrected chi connectivity index (χ0v) is 26.3. The zero-order valence-electron chi connectivity index (χ0n) is 25.5. The number of nitrogens with zero attached hydrogens (tertiary/aromatic N) is 4. The number of allylic oxidation sites excluding steroid dienone is 2. The van der Waals surface area contributed by atoms with Crippen LogP contribution in [0.1, 0.15) is 57.7 Å². The Bertz CT molecular complexity index is 1410. The van der Waals surface area contributed by atoms with Crippen molar-refractivity contribution in [3.05, 3.63) is 40.2 Å². The van der Waals surface area contributed by atoms with Gasteiger partial charge in [0.05, 0.1) is 22.4 Å². The number of rotatable bonds is 11. The van der Waals surface area contributed by atoms with Crippen molar-refractivity contribution in [2.45, 2.75) is 65.9 Å². The monoisotopic (exact) mass is 635 g/mol. The highest BCUT2D eigenvalue weighted by molar-refractivity contribution is 6.33. The van der Waals surface area contributed by atoms with Crippen molar-refractivity contribution in [3.63, 3.8) is 0 Å². The van der Waals surface area contributed by atoms with Crippen molar-refractivity contribution < 1.29 is 33.0 Å². The second-order valence-electron chi connectivity index (χ2n) is 11.7. The Morgan fingerprint density at radius 1 is 1.18 bits per heavy atom. The molecule has 3 heterocycles. The number of aliphatic hydroxyl groups excluding tert-OH is 1. The fourth-order valence-corrected chi connectivity index (χ4v) is 6.14. The summed E-state index contributed by atoms with van der Waals surface area (Å²) in [5.74, 6) is 1.09. The van der Waals surface area contributed by atoms with Crippen LogP contribution < -0.4 is 15.4 Å². The quantitative estimate of drug-likeness (QED) is 0.319. The maximum Gasteiger partial charge on any atom is 0.409 e. The highest BCUT2D eigenvalue weighted by atomic mass is 35.5. The summed E-state index contributed by atoms with van der Waals surface area (Å²) in [6.07, 6.45) is -1.07. The summed E-state index contributed by atoms with van der Waals surface area (Å²) in [6.45, 7) is 8.00. The molecule has 10 nitrogen and oxygen atoms in total. The van der Waals surface area contributed by atoms with E-state index < -0.39 is 25.2 Å². The molecular formula is C31H40ClF2N5O5. The average molecular weight is 636 g/mol. The molecule has 2 aromatic rings. The average Bonchev–Trinajstić information content (AvgIpc) is 2.95. The number of carbonyl (C=O) groups is 2. The van der Waals surface area contributed by atoms with Crippen molar-refractivity contribution in [2.75, 3.05) is 44.3 Å². The maximum absolute atomic E-state index is 12.7. The van der Waals surface area contributed by atoms with E-state index in [1.165, 1.54) is 11.8 Å². The highest BCUT2D eigenvalue weighted by Gasteiger charge is 2.48. The van der Waals surface area contributed by atoms with E-state index in [0.717, 1.165) is 19.3 Å². The number of carbonyl (C=O) groups excluding carboxylic acids is 2. The number of hydrogen-bond acceptors (Lipinski definition) is 9. The first-order valence-corrected chi connectivity index (χ1v) is 15.1. The van der Waals surface area contributed by atoms with Crippen LogP contribution in [-0.4, -0.2) is 83.8 Å². The first kappa shape index (κ1) is 33.4. The van der Waals surface area contributed by atoms with Gasteiger partial charge in [0.1, 0.15) is 18.2 Å². The van der Waals surface area contributed by atoms with Crippen LogP contribution in [0.25, 0.3) is 17.0 Å². The Morgan fingerprint density at radius 3 is 2.55 bits per heavy atom. The van der Waals surface area contributed by atoms with Crippen LogP contribution in [0.5, 0.6) is 5.75 Å². The molecule has 1 aromatic heterocycles. The van der Waals surface area contributed by atoms with Crippen molar-refractivity contribution in [3.8, 4) is 17.1 Å². The second kappa shape index (κ2) is 14.1. The number of piperidine rings is 1. The smallest absolute Gasteiger partial charge is 0.409 e. The van der Waals surface area contributed by atoms with Gasteiger partial charge in [0.15, 0.2) is 18.2 Å². The van der Waals surface area contributed by atoms with Crippen molar-refractivity contribution in [2.24, 2.45) is 11.1 Å². The molecule has 4 rings (SSSR count). The molecule has 3 N–H and O–H groups in total. The van der Waals surface area contributed by atoms with E-state index in [9.17, 15) is 23.5 Å². The molecule has 44 heavy (non-hydrogen) atoms. The number of benzene rings is 1. The molecule has 2 saturated heterocycles. The fraction of sp³-hybridized carbons (Fsp3) is 0.548. The molecule has 1 amide bonds. The molecule has 0 saturated carbocycles. The SMILES string of the molecule is CCC[C@@H](O)COc1ccc(Cl)c(-c2nc(C(C(C)=O)=C(C)N)c(C)c(N3CC4(CCCN(C(=O)OCC(F)F)C4)C3)n2)c1. The molecule has 1 spiro atoms. The number of hydrogen-bond donors (Lipinski definition) is 2. The van der Waals surface area contributed by atoms with E-state index in [1.807, 2.05) is 13.8 Å². The molecule has 1 aromatic carbocycles. The topological polar surface area (TPSA) is 131 Å². The summed E-state index contributed by atoms with van der Waals surface area (Å²) in [7, 11) is 0. The minimum atomic E-state index is -2.72. The van der Waals surface area contributed by atoms with Gasteiger partial charge in [-0.1, -0.05) is 24.9 Å². The van der Waals surface area contributed by atoms with Gasteiger partial charge in [0.25, 0.3) is 6.43 Å². The second-order valence-corrected chi connectivity index (χ2v) is 12.1. The van der Waals surface area contributed by atoms with E-state index in [-0.39, 0.29) is 29.2 Å². The Hall–Kier alpha value is -3.51. The highest BCUT2D eigenvalue weighted by Crippen LogP contribution is 2.43. The Balaban J connectivity index is 1.67. The number of amides is 1. The molecule has 0 bridgehead atoms. The lowest BCUT2D eigenvalue weighted by molar-refractivity contribution is -0.111. The lowest BCUT2D eigenvalue weighted by Gasteiger charge is -2.55. The molecule has 0 unspecified atom stereocenters. The number of nitrogens with two attached hydrogens (primary N) is 1. The predicted octanol–water partition coefficient (Wildman–Crippen LogP) is 5.23. The van der Waals surface area contributed by atoms with Gasteiger partial charge in [-0.2, -0.15) is 0 Å². The van der Waals surface area contributed by atoms with Gasteiger partial charge in [0, 0.05) is 48.4 Å². The summed E-state index contributed by atoms with van der Waals surface area (Å²) < 4.78 is 35.8. The van der Waals surface area contributed by atoms with Crippen LogP contribution in [0.3, 0.4) is 0 Å². The van der Waals surface area contributed by atoms with Crippen LogP contribution in [0.4, 0.5) is 19.4 Å². The number of anilines is 1. The van der Waals surface area contributed by atoms with Crippen LogP contribution in [0.2, 0.25) is 5.02 Å². The standard InChI is InChI=1S/C31H40ClF2N5O5/c1-5-7-21(41)13-43-22-8-9-24(32)23(12-22)28-36-27(26(19(3)35)20(4)40)18(2)29(37-28)39-16-31(17-39)10-6-11-38(15-31)30(42)44-14-25(33)34/h8-9,12,21,25,41H,5-7,10-11,13-17,35H2,1-4H3/t21-/m1/s1. The van der Waals surface area contributed by atoms with Crippen LogP contribution >= 0.6 is 11.6 Å². The van der Waals surface area contributed by atoms with E-state index in [0.29, 0.717) is 71.7 Å². The molecular weight excluding hydrogens is 596 g/mol. The molecule has 0 radical (unpaired) electrons. The molecule has 0 aliphatic carbocycles. The fourth-order valence-electron chi connectivity index (χ4n) is 5.94. The van der Waals surface area contributed by atoms with Crippen LogP contribution in [-0.2, 0) is 9.53 Å². The maximum atomic E-state index is 12.7. The van der Waals surface area contributed by atoms with E-state index in [1.54, 1.807) is 25.1 Å². The Labute approximate surface area is 261 Å². The number of alkyl halides is 2. The lowest BCUT2D eigenvalue weighted by Crippen LogP contribution is -2.64. The van der Waals surface area contributed by atoms with E-state index in [2.05, 4.69) is 4.90 Å². The molecule has 1 atom stereocenters. The molecule has 2 aliphatic rings. The van der Waals surface area contributed by atoms with Gasteiger partial charge in [0.2, 0.25) is 0 Å².